The van der Waals surface area contributed by atoms with Gasteiger partial charge < -0.3 is 9.64 Å². The molecule has 0 fully saturated rings. The van der Waals surface area contributed by atoms with Crippen LogP contribution in [0, 0.1) is 10.5 Å². The van der Waals surface area contributed by atoms with E-state index in [1.54, 1.807) is 7.11 Å². The Hall–Kier alpha value is -1.56. The number of methoxy groups -OCH3 is 1. The molecule has 1 heterocycles. The monoisotopic (exact) mass is 393 g/mol. The van der Waals surface area contributed by atoms with Crippen LogP contribution in [0.1, 0.15) is 16.7 Å². The second-order valence-electron chi connectivity index (χ2n) is 5.24. The van der Waals surface area contributed by atoms with Crippen LogP contribution in [0.3, 0.4) is 0 Å². The third-order valence-electron chi connectivity index (χ3n) is 3.74. The standard InChI is InChI=1S/C17H16INO2/c1-11-3-6-16(21-2)13(7-11)10-19-15-5-4-14(18)8-12(15)9-17(19)20/h3-8H,9-10H2,1-2H3. The molecule has 3 nitrogen and oxygen atoms in total. The zero-order chi connectivity index (χ0) is 15.0. The third-order valence-corrected chi connectivity index (χ3v) is 4.41. The maximum Gasteiger partial charge on any atom is 0.231 e. The Kier molecular flexibility index (Phi) is 3.89. The van der Waals surface area contributed by atoms with Gasteiger partial charge >= 0.3 is 0 Å². The molecule has 2 aromatic carbocycles. The van der Waals surface area contributed by atoms with Gasteiger partial charge in [-0.25, -0.2) is 0 Å². The number of rotatable bonds is 3. The Bertz CT molecular complexity index is 712. The Morgan fingerprint density at radius 1 is 1.24 bits per heavy atom. The summed E-state index contributed by atoms with van der Waals surface area (Å²) in [6.07, 6.45) is 0.486. The van der Waals surface area contributed by atoms with Gasteiger partial charge in [0.25, 0.3) is 0 Å². The highest BCUT2D eigenvalue weighted by Gasteiger charge is 2.27. The fraction of sp³-hybridized carbons (Fsp3) is 0.235. The van der Waals surface area contributed by atoms with Gasteiger partial charge in [-0.1, -0.05) is 17.7 Å². The number of carbonyl (C=O) groups is 1. The predicted octanol–water partition coefficient (Wildman–Crippen LogP) is 3.70. The highest BCUT2D eigenvalue weighted by atomic mass is 127. The molecule has 0 N–H and O–H groups in total. The normalized spacial score (nSPS) is 13.5. The van der Waals surface area contributed by atoms with E-state index in [-0.39, 0.29) is 5.91 Å². The summed E-state index contributed by atoms with van der Waals surface area (Å²) in [4.78, 5) is 14.2. The van der Waals surface area contributed by atoms with Gasteiger partial charge in [0, 0.05) is 14.8 Å². The molecular weight excluding hydrogens is 377 g/mol. The molecule has 4 heteroatoms. The molecule has 1 aliphatic heterocycles. The van der Waals surface area contributed by atoms with Crippen LogP contribution in [0.2, 0.25) is 0 Å². The summed E-state index contributed by atoms with van der Waals surface area (Å²) >= 11 is 2.28. The summed E-state index contributed by atoms with van der Waals surface area (Å²) in [5.74, 6) is 0.975. The maximum absolute atomic E-state index is 12.3. The van der Waals surface area contributed by atoms with Crippen molar-refractivity contribution in [2.75, 3.05) is 12.0 Å². The van der Waals surface area contributed by atoms with Crippen LogP contribution in [0.25, 0.3) is 0 Å². The summed E-state index contributed by atoms with van der Waals surface area (Å²) in [7, 11) is 1.66. The van der Waals surface area contributed by atoms with E-state index < -0.39 is 0 Å². The molecule has 108 valence electrons. The van der Waals surface area contributed by atoms with Crippen molar-refractivity contribution < 1.29 is 9.53 Å². The minimum Gasteiger partial charge on any atom is -0.496 e. The fourth-order valence-electron chi connectivity index (χ4n) is 2.73. The van der Waals surface area contributed by atoms with Crippen molar-refractivity contribution in [2.24, 2.45) is 0 Å². The molecule has 0 radical (unpaired) electrons. The third kappa shape index (κ3) is 2.77. The number of ether oxygens (including phenoxy) is 1. The summed E-state index contributed by atoms with van der Waals surface area (Å²) in [6, 6.07) is 12.2. The van der Waals surface area contributed by atoms with Gasteiger partial charge in [-0.05, 0) is 59.3 Å². The predicted molar refractivity (Wildman–Crippen MR) is 91.8 cm³/mol. The van der Waals surface area contributed by atoms with E-state index in [2.05, 4.69) is 34.7 Å². The number of anilines is 1. The molecule has 0 aromatic heterocycles. The van der Waals surface area contributed by atoms with Crippen molar-refractivity contribution in [1.29, 1.82) is 0 Å². The number of halogens is 1. The molecule has 0 unspecified atom stereocenters. The van der Waals surface area contributed by atoms with Gasteiger partial charge in [0.15, 0.2) is 0 Å². The summed E-state index contributed by atoms with van der Waals surface area (Å²) in [5.41, 5.74) is 4.33. The molecule has 2 aromatic rings. The smallest absolute Gasteiger partial charge is 0.231 e. The highest BCUT2D eigenvalue weighted by molar-refractivity contribution is 14.1. The van der Waals surface area contributed by atoms with E-state index in [9.17, 15) is 4.79 Å². The average molecular weight is 393 g/mol. The second kappa shape index (κ2) is 5.67. The number of fused-ring (bicyclic) bond motifs is 1. The van der Waals surface area contributed by atoms with Gasteiger partial charge in [0.1, 0.15) is 5.75 Å². The molecule has 3 rings (SSSR count). The number of hydrogen-bond donors (Lipinski definition) is 0. The zero-order valence-corrected chi connectivity index (χ0v) is 14.2. The first-order valence-corrected chi connectivity index (χ1v) is 7.88. The number of hydrogen-bond acceptors (Lipinski definition) is 2. The average Bonchev–Trinajstić information content (AvgIpc) is 2.74. The maximum atomic E-state index is 12.3. The van der Waals surface area contributed by atoms with E-state index >= 15 is 0 Å². The molecule has 0 spiro atoms. The van der Waals surface area contributed by atoms with Gasteiger partial charge in [0.05, 0.1) is 20.1 Å². The quantitative estimate of drug-likeness (QED) is 0.745. The highest BCUT2D eigenvalue weighted by Crippen LogP contribution is 2.33. The van der Waals surface area contributed by atoms with Crippen molar-refractivity contribution in [1.82, 2.24) is 0 Å². The lowest BCUT2D eigenvalue weighted by Gasteiger charge is -2.19. The second-order valence-corrected chi connectivity index (χ2v) is 6.49. The minimum atomic E-state index is 0.149. The molecule has 1 aliphatic rings. The van der Waals surface area contributed by atoms with E-state index in [1.165, 1.54) is 5.56 Å². The van der Waals surface area contributed by atoms with Gasteiger partial charge in [-0.2, -0.15) is 0 Å². The first kappa shape index (κ1) is 14.4. The Labute approximate surface area is 138 Å². The number of nitrogens with zero attached hydrogens (tertiary/aromatic N) is 1. The van der Waals surface area contributed by atoms with Crippen molar-refractivity contribution >= 4 is 34.2 Å². The lowest BCUT2D eigenvalue weighted by molar-refractivity contribution is -0.117. The van der Waals surface area contributed by atoms with Crippen molar-refractivity contribution in [2.45, 2.75) is 19.9 Å². The number of benzene rings is 2. The largest absolute Gasteiger partial charge is 0.496 e. The molecule has 1 amide bonds. The minimum absolute atomic E-state index is 0.149. The van der Waals surface area contributed by atoms with Crippen LogP contribution in [0.15, 0.2) is 36.4 Å². The zero-order valence-electron chi connectivity index (χ0n) is 12.0. The van der Waals surface area contributed by atoms with Crippen LogP contribution < -0.4 is 9.64 Å². The first-order valence-electron chi connectivity index (χ1n) is 6.81. The van der Waals surface area contributed by atoms with Gasteiger partial charge in [-0.3, -0.25) is 4.79 Å². The molecule has 0 atom stereocenters. The summed E-state index contributed by atoms with van der Waals surface area (Å²) in [6.45, 7) is 2.60. The van der Waals surface area contributed by atoms with E-state index in [0.717, 1.165) is 26.1 Å². The van der Waals surface area contributed by atoms with Crippen LogP contribution in [0.5, 0.6) is 5.75 Å². The number of aryl methyl sites for hydroxylation is 1. The topological polar surface area (TPSA) is 29.5 Å². The van der Waals surface area contributed by atoms with Gasteiger partial charge in [-0.15, -0.1) is 0 Å². The van der Waals surface area contributed by atoms with Crippen molar-refractivity contribution in [3.8, 4) is 5.75 Å². The molecule has 0 aliphatic carbocycles. The van der Waals surface area contributed by atoms with Crippen LogP contribution in [-0.2, 0) is 17.8 Å². The Morgan fingerprint density at radius 3 is 2.81 bits per heavy atom. The Balaban J connectivity index is 1.96. The lowest BCUT2D eigenvalue weighted by Crippen LogP contribution is -2.26. The van der Waals surface area contributed by atoms with Crippen LogP contribution in [0.4, 0.5) is 5.69 Å². The van der Waals surface area contributed by atoms with Gasteiger partial charge in [0.2, 0.25) is 5.91 Å². The number of carbonyl (C=O) groups excluding carboxylic acids is 1. The molecule has 0 saturated carbocycles. The summed E-state index contributed by atoms with van der Waals surface area (Å²) in [5, 5.41) is 0. The van der Waals surface area contributed by atoms with E-state index in [4.69, 9.17) is 4.74 Å². The Morgan fingerprint density at radius 2 is 2.05 bits per heavy atom. The first-order chi connectivity index (χ1) is 10.1. The molecule has 21 heavy (non-hydrogen) atoms. The summed E-state index contributed by atoms with van der Waals surface area (Å²) < 4.78 is 6.58. The SMILES string of the molecule is COc1ccc(C)cc1CN1C(=O)Cc2cc(I)ccc21. The van der Waals surface area contributed by atoms with Crippen molar-refractivity contribution in [3.05, 3.63) is 56.7 Å². The van der Waals surface area contributed by atoms with E-state index in [0.29, 0.717) is 13.0 Å². The lowest BCUT2D eigenvalue weighted by atomic mass is 10.1. The fourth-order valence-corrected chi connectivity index (χ4v) is 3.28. The van der Waals surface area contributed by atoms with Crippen molar-refractivity contribution in [3.63, 3.8) is 0 Å². The van der Waals surface area contributed by atoms with E-state index in [1.807, 2.05) is 36.1 Å². The molecule has 0 bridgehead atoms. The van der Waals surface area contributed by atoms with Crippen LogP contribution >= 0.6 is 22.6 Å². The van der Waals surface area contributed by atoms with Crippen LogP contribution in [-0.4, -0.2) is 13.0 Å². The molecular formula is C17H16INO2. The number of amides is 1. The molecule has 0 saturated heterocycles.